The monoisotopic (exact) mass is 414 g/mol. The number of nitrogens with two attached hydrogens (primary N) is 1. The van der Waals surface area contributed by atoms with E-state index in [2.05, 4.69) is 47.9 Å². The van der Waals surface area contributed by atoms with Crippen molar-refractivity contribution in [3.05, 3.63) is 54.5 Å². The number of H-pyrrole nitrogens is 2. The van der Waals surface area contributed by atoms with Gasteiger partial charge in [-0.25, -0.2) is 24.9 Å². The third-order valence-corrected chi connectivity index (χ3v) is 5.25. The zero-order valence-corrected chi connectivity index (χ0v) is 17.0. The lowest BCUT2D eigenvalue weighted by molar-refractivity contribution is 0.389. The molecule has 0 saturated heterocycles. The Morgan fingerprint density at radius 1 is 1.13 bits per heavy atom. The lowest BCUT2D eigenvalue weighted by Crippen LogP contribution is -2.10. The Kier molecular flexibility index (Phi) is 5.22. The molecular weight excluding hydrogens is 394 g/mol. The molecule has 0 spiro atoms. The summed E-state index contributed by atoms with van der Waals surface area (Å²) in [5.41, 5.74) is 11.0. The van der Waals surface area contributed by atoms with Gasteiger partial charge in [0, 0.05) is 52.7 Å². The highest BCUT2D eigenvalue weighted by molar-refractivity contribution is 5.93. The molecule has 4 N–H and O–H groups in total. The van der Waals surface area contributed by atoms with Crippen molar-refractivity contribution >= 4 is 28.0 Å². The summed E-state index contributed by atoms with van der Waals surface area (Å²) in [6.07, 6.45) is 7.82. The second-order valence-corrected chi connectivity index (χ2v) is 6.95. The number of aromatic nitrogens is 7. The molecule has 0 bridgehead atoms. The molecule has 0 amide bonds. The number of fused-ring (bicyclic) bond motifs is 2. The number of rotatable bonds is 5. The quantitative estimate of drug-likeness (QED) is 0.398. The molecule has 5 aromatic rings. The van der Waals surface area contributed by atoms with Crippen LogP contribution in [0.2, 0.25) is 0 Å². The number of nitrogens with zero attached hydrogens (tertiary/aromatic N) is 6. The average Bonchev–Trinajstić information content (AvgIpc) is 3.41. The van der Waals surface area contributed by atoms with Gasteiger partial charge in [0.1, 0.15) is 17.0 Å². The molecule has 3 radical (unpaired) electrons. The molecule has 0 aliphatic heterocycles. The van der Waals surface area contributed by atoms with Crippen LogP contribution in [0.25, 0.3) is 33.3 Å². The Bertz CT molecular complexity index is 1360. The van der Waals surface area contributed by atoms with Gasteiger partial charge < -0.3 is 20.4 Å². The Morgan fingerprint density at radius 2 is 2.00 bits per heavy atom. The molecule has 5 heterocycles. The summed E-state index contributed by atoms with van der Waals surface area (Å²) in [5, 5.41) is 1.03. The highest BCUT2D eigenvalue weighted by Crippen LogP contribution is 2.36. The normalized spacial score (nSPS) is 12.1. The summed E-state index contributed by atoms with van der Waals surface area (Å²) < 4.78 is 5.57. The number of hydrogen-bond donors (Lipinski definition) is 3. The van der Waals surface area contributed by atoms with Crippen LogP contribution in [0.1, 0.15) is 30.7 Å². The minimum Gasteiger partial charge on any atom is -0.481 e. The fourth-order valence-corrected chi connectivity index (χ4v) is 3.80. The number of methoxy groups -OCH3 is 1. The van der Waals surface area contributed by atoms with Crippen LogP contribution in [0.4, 0.5) is 5.82 Å². The predicted molar refractivity (Wildman–Crippen MR) is 116 cm³/mol. The van der Waals surface area contributed by atoms with Gasteiger partial charge in [0.05, 0.1) is 13.4 Å². The van der Waals surface area contributed by atoms with Crippen molar-refractivity contribution in [3.8, 4) is 17.0 Å². The van der Waals surface area contributed by atoms with Gasteiger partial charge in [-0.1, -0.05) is 6.92 Å². The third kappa shape index (κ3) is 3.32. The fourth-order valence-electron chi connectivity index (χ4n) is 3.80. The van der Waals surface area contributed by atoms with E-state index < -0.39 is 0 Å². The number of imidazole rings is 1. The number of pyridine rings is 2. The van der Waals surface area contributed by atoms with E-state index >= 15 is 0 Å². The van der Waals surface area contributed by atoms with Crippen molar-refractivity contribution in [1.82, 2.24) is 41.0 Å². The van der Waals surface area contributed by atoms with Gasteiger partial charge in [-0.2, -0.15) is 0 Å². The first kappa shape index (κ1) is 20.2. The molecule has 5 rings (SSSR count). The summed E-state index contributed by atoms with van der Waals surface area (Å²) in [4.78, 5) is 28.5. The smallest absolute Gasteiger partial charge is 0.217 e. The van der Waals surface area contributed by atoms with Gasteiger partial charge in [-0.15, -0.1) is 0 Å². The first-order chi connectivity index (χ1) is 14.7. The van der Waals surface area contributed by atoms with Gasteiger partial charge in [-0.05, 0) is 24.6 Å². The fraction of sp³-hybridized carbons (Fsp3) is 0.190. The number of nitrogens with one attached hydrogen (secondary N) is 2. The van der Waals surface area contributed by atoms with Crippen LogP contribution in [0.5, 0.6) is 5.88 Å². The zero-order valence-electron chi connectivity index (χ0n) is 17.0. The minimum absolute atomic E-state index is 0. The van der Waals surface area contributed by atoms with Crippen LogP contribution in [0.3, 0.4) is 0 Å². The van der Waals surface area contributed by atoms with Crippen LogP contribution in [-0.4, -0.2) is 42.0 Å². The third-order valence-electron chi connectivity index (χ3n) is 5.25. The van der Waals surface area contributed by atoms with Gasteiger partial charge >= 0.3 is 0 Å². The Balaban J connectivity index is 0.00000231. The van der Waals surface area contributed by atoms with Crippen molar-refractivity contribution in [2.75, 3.05) is 12.8 Å². The maximum atomic E-state index is 6.12. The van der Waals surface area contributed by atoms with E-state index in [-0.39, 0.29) is 12.1 Å². The molecule has 0 aromatic carbocycles. The highest BCUT2D eigenvalue weighted by Gasteiger charge is 2.23. The molecule has 5 aromatic heterocycles. The molecule has 10 nitrogen and oxygen atoms in total. The van der Waals surface area contributed by atoms with Gasteiger partial charge in [-0.3, -0.25) is 0 Å². The summed E-state index contributed by atoms with van der Waals surface area (Å²) in [6.45, 7) is 2.07. The van der Waals surface area contributed by atoms with Crippen LogP contribution < -0.4 is 16.6 Å². The molecule has 155 valence electrons. The SMILES string of the molecule is CCC(c1nc(N)c2nc[nH]c2n1)c1cc(-c2c[nH]c3ncccc23)cnc1OC.[N]. The van der Waals surface area contributed by atoms with Crippen LogP contribution >= 0.6 is 0 Å². The van der Waals surface area contributed by atoms with E-state index in [1.807, 2.05) is 18.3 Å². The molecule has 10 heteroatoms. The van der Waals surface area contributed by atoms with Crippen molar-refractivity contribution < 1.29 is 4.74 Å². The number of aromatic amines is 2. The Labute approximate surface area is 177 Å². The van der Waals surface area contributed by atoms with Crippen LogP contribution in [0, 0.1) is 0 Å². The Hall–Kier alpha value is -4.05. The number of ether oxygens (including phenoxy) is 1. The van der Waals surface area contributed by atoms with Crippen LogP contribution in [-0.2, 0) is 0 Å². The van der Waals surface area contributed by atoms with E-state index in [1.165, 1.54) is 0 Å². The first-order valence-corrected chi connectivity index (χ1v) is 9.62. The summed E-state index contributed by atoms with van der Waals surface area (Å²) in [7, 11) is 1.61. The lowest BCUT2D eigenvalue weighted by Gasteiger charge is -2.18. The number of anilines is 1. The van der Waals surface area contributed by atoms with Gasteiger partial charge in [0.15, 0.2) is 11.5 Å². The lowest BCUT2D eigenvalue weighted by atomic mass is 9.94. The molecule has 1 unspecified atom stereocenters. The molecular formula is C21H20N9O. The topological polar surface area (TPSA) is 162 Å². The van der Waals surface area contributed by atoms with Gasteiger partial charge in [0.2, 0.25) is 5.88 Å². The first-order valence-electron chi connectivity index (χ1n) is 9.62. The molecule has 0 aliphatic rings. The van der Waals surface area contributed by atoms with E-state index in [0.29, 0.717) is 28.7 Å². The Morgan fingerprint density at radius 3 is 2.81 bits per heavy atom. The number of nitrogen functional groups attached to an aromatic ring is 1. The largest absolute Gasteiger partial charge is 0.481 e. The summed E-state index contributed by atoms with van der Waals surface area (Å²) in [6, 6.07) is 6.03. The number of hydrogen-bond acceptors (Lipinski definition) is 7. The van der Waals surface area contributed by atoms with Crippen molar-refractivity contribution in [3.63, 3.8) is 0 Å². The maximum Gasteiger partial charge on any atom is 0.217 e. The minimum atomic E-state index is -0.147. The molecule has 0 fully saturated rings. The molecule has 1 atom stereocenters. The van der Waals surface area contributed by atoms with E-state index in [9.17, 15) is 0 Å². The van der Waals surface area contributed by atoms with E-state index in [1.54, 1.807) is 25.8 Å². The second kappa shape index (κ2) is 8.00. The second-order valence-electron chi connectivity index (χ2n) is 6.95. The highest BCUT2D eigenvalue weighted by atomic mass is 16.5. The van der Waals surface area contributed by atoms with E-state index in [4.69, 9.17) is 10.5 Å². The zero-order chi connectivity index (χ0) is 20.7. The maximum absolute atomic E-state index is 6.12. The average molecular weight is 414 g/mol. The van der Waals surface area contributed by atoms with Crippen molar-refractivity contribution in [2.45, 2.75) is 19.3 Å². The predicted octanol–water partition coefficient (Wildman–Crippen LogP) is 2.94. The standard InChI is InChI=1S/C21H20N8O.N/c1-3-12(19-28-17(22)16-20(29-19)27-10-26-16)14-7-11(8-25-21(14)30-2)15-9-24-18-13(15)5-4-6-23-18;/h4-10,12H,3H2,1-2H3,(H,23,24)(H3,22,26,27,28,29);. The molecule has 0 saturated carbocycles. The summed E-state index contributed by atoms with van der Waals surface area (Å²) in [5.74, 6) is 1.34. The van der Waals surface area contributed by atoms with Gasteiger partial charge in [0.25, 0.3) is 0 Å². The van der Waals surface area contributed by atoms with Crippen molar-refractivity contribution in [2.24, 2.45) is 0 Å². The molecule has 31 heavy (non-hydrogen) atoms. The molecule has 0 aliphatic carbocycles. The summed E-state index contributed by atoms with van der Waals surface area (Å²) >= 11 is 0. The van der Waals surface area contributed by atoms with Crippen molar-refractivity contribution in [1.29, 1.82) is 0 Å². The van der Waals surface area contributed by atoms with E-state index in [0.717, 1.165) is 34.1 Å². The van der Waals surface area contributed by atoms with Crippen LogP contribution in [0.15, 0.2) is 43.1 Å².